The number of amides is 1. The summed E-state index contributed by atoms with van der Waals surface area (Å²) in [6.07, 6.45) is 3.28. The molecule has 0 aromatic heterocycles. The molecule has 1 amide bonds. The number of hydrogen-bond donors (Lipinski definition) is 2. The van der Waals surface area contributed by atoms with E-state index in [0.717, 1.165) is 49.2 Å². The van der Waals surface area contributed by atoms with E-state index in [-0.39, 0.29) is 5.91 Å². The summed E-state index contributed by atoms with van der Waals surface area (Å²) in [6.45, 7) is 12.5. The Balaban J connectivity index is 0.000000609. The van der Waals surface area contributed by atoms with Crippen LogP contribution in [0.1, 0.15) is 57.6 Å². The van der Waals surface area contributed by atoms with Crippen molar-refractivity contribution in [1.29, 1.82) is 0 Å². The smallest absolute Gasteiger partial charge is 0.303 e. The fraction of sp³-hybridized carbons (Fsp3) is 0.600. The van der Waals surface area contributed by atoms with Crippen molar-refractivity contribution in [3.63, 3.8) is 0 Å². The summed E-state index contributed by atoms with van der Waals surface area (Å²) in [5, 5.41) is 11.1. The molecule has 0 radical (unpaired) electrons. The van der Waals surface area contributed by atoms with Crippen LogP contribution in [0.25, 0.3) is 0 Å². The number of nitrogens with zero attached hydrogens (tertiary/aromatic N) is 1. The van der Waals surface area contributed by atoms with Crippen LogP contribution in [0.15, 0.2) is 18.2 Å². The molecule has 1 aromatic carbocycles. The van der Waals surface area contributed by atoms with Gasteiger partial charge in [-0.1, -0.05) is 51.8 Å². The number of benzene rings is 1. The average Bonchev–Trinajstić information content (AvgIpc) is 2.56. The molecule has 0 aliphatic carbocycles. The number of para-hydroxylation sites is 1. The van der Waals surface area contributed by atoms with E-state index < -0.39 is 5.97 Å². The molecule has 142 valence electrons. The van der Waals surface area contributed by atoms with E-state index in [4.69, 9.17) is 5.11 Å². The van der Waals surface area contributed by atoms with Crippen LogP contribution in [0.4, 0.5) is 5.69 Å². The van der Waals surface area contributed by atoms with Gasteiger partial charge in [0.05, 0.1) is 6.54 Å². The second kappa shape index (κ2) is 13.4. The predicted molar refractivity (Wildman–Crippen MR) is 104 cm³/mol. The molecule has 1 rings (SSSR count). The first-order valence-corrected chi connectivity index (χ1v) is 9.15. The number of carboxylic acids is 1. The Hall–Kier alpha value is -1.88. The predicted octanol–water partition coefficient (Wildman–Crippen LogP) is 4.24. The molecular weight excluding hydrogens is 316 g/mol. The molecule has 0 spiro atoms. The molecule has 5 nitrogen and oxygen atoms in total. The highest BCUT2D eigenvalue weighted by Gasteiger charge is 2.09. The normalized spacial score (nSPS) is 10.2. The van der Waals surface area contributed by atoms with Crippen molar-refractivity contribution in [2.45, 2.75) is 60.3 Å². The van der Waals surface area contributed by atoms with Crippen molar-refractivity contribution in [2.24, 2.45) is 0 Å². The van der Waals surface area contributed by atoms with Gasteiger partial charge >= 0.3 is 5.97 Å². The van der Waals surface area contributed by atoms with Gasteiger partial charge in [-0.25, -0.2) is 0 Å². The summed E-state index contributed by atoms with van der Waals surface area (Å²) < 4.78 is 0. The van der Waals surface area contributed by atoms with Crippen LogP contribution in [0.2, 0.25) is 0 Å². The highest BCUT2D eigenvalue weighted by Crippen LogP contribution is 2.19. The zero-order valence-corrected chi connectivity index (χ0v) is 16.4. The molecule has 0 saturated heterocycles. The monoisotopic (exact) mass is 350 g/mol. The SMILES string of the molecule is CCCCCC(=O)O.CCN(CC)CC(=O)Nc1c(C)cccc1C. The second-order valence-corrected chi connectivity index (χ2v) is 6.13. The molecule has 0 fully saturated rings. The summed E-state index contributed by atoms with van der Waals surface area (Å²) in [4.78, 5) is 23.9. The number of nitrogens with one attached hydrogen (secondary N) is 1. The lowest BCUT2D eigenvalue weighted by atomic mass is 10.1. The van der Waals surface area contributed by atoms with Gasteiger partial charge in [-0.2, -0.15) is 0 Å². The van der Waals surface area contributed by atoms with Gasteiger partial charge in [0, 0.05) is 12.1 Å². The van der Waals surface area contributed by atoms with Crippen molar-refractivity contribution in [2.75, 3.05) is 25.0 Å². The fourth-order valence-electron chi connectivity index (χ4n) is 2.37. The van der Waals surface area contributed by atoms with Gasteiger partial charge in [-0.05, 0) is 44.5 Å². The van der Waals surface area contributed by atoms with E-state index in [1.807, 2.05) is 32.0 Å². The zero-order chi connectivity index (χ0) is 19.2. The molecule has 0 heterocycles. The molecule has 0 atom stereocenters. The summed E-state index contributed by atoms with van der Waals surface area (Å²) in [5.41, 5.74) is 3.17. The highest BCUT2D eigenvalue weighted by molar-refractivity contribution is 5.93. The van der Waals surface area contributed by atoms with Crippen molar-refractivity contribution in [3.8, 4) is 0 Å². The summed E-state index contributed by atoms with van der Waals surface area (Å²) in [5.74, 6) is -0.621. The van der Waals surface area contributed by atoms with Crippen molar-refractivity contribution >= 4 is 17.6 Å². The number of aryl methyl sites for hydroxylation is 2. The van der Waals surface area contributed by atoms with E-state index in [2.05, 4.69) is 31.0 Å². The van der Waals surface area contributed by atoms with Gasteiger partial charge in [0.1, 0.15) is 0 Å². The Kier molecular flexibility index (Phi) is 12.4. The van der Waals surface area contributed by atoms with Gasteiger partial charge < -0.3 is 10.4 Å². The fourth-order valence-corrected chi connectivity index (χ4v) is 2.37. The van der Waals surface area contributed by atoms with Gasteiger partial charge in [-0.15, -0.1) is 0 Å². The zero-order valence-electron chi connectivity index (χ0n) is 16.4. The summed E-state index contributed by atoms with van der Waals surface area (Å²) >= 11 is 0. The van der Waals surface area contributed by atoms with Crippen LogP contribution in [0, 0.1) is 13.8 Å². The van der Waals surface area contributed by atoms with Crippen LogP contribution in [-0.4, -0.2) is 41.5 Å². The minimum Gasteiger partial charge on any atom is -0.481 e. The lowest BCUT2D eigenvalue weighted by molar-refractivity contribution is -0.137. The number of unbranched alkanes of at least 4 members (excludes halogenated alkanes) is 2. The van der Waals surface area contributed by atoms with Crippen LogP contribution in [0.3, 0.4) is 0 Å². The number of carbonyl (C=O) groups is 2. The number of carboxylic acid groups (broad SMARTS) is 1. The first-order chi connectivity index (χ1) is 11.8. The standard InChI is InChI=1S/C14H22N2O.C6H12O2/c1-5-16(6-2)10-13(17)15-14-11(3)8-7-9-12(14)4;1-2-3-4-5-6(7)8/h7-9H,5-6,10H2,1-4H3,(H,15,17);2-5H2,1H3,(H,7,8). The van der Waals surface area contributed by atoms with Crippen LogP contribution >= 0.6 is 0 Å². The third-order valence-electron chi connectivity index (χ3n) is 4.00. The molecule has 0 unspecified atom stereocenters. The van der Waals surface area contributed by atoms with Crippen molar-refractivity contribution in [1.82, 2.24) is 4.90 Å². The Bertz CT molecular complexity index is 505. The largest absolute Gasteiger partial charge is 0.481 e. The van der Waals surface area contributed by atoms with Gasteiger partial charge in [0.15, 0.2) is 0 Å². The topological polar surface area (TPSA) is 69.6 Å². The molecule has 0 bridgehead atoms. The molecule has 2 N–H and O–H groups in total. The van der Waals surface area contributed by atoms with Gasteiger partial charge in [0.25, 0.3) is 0 Å². The molecule has 5 heteroatoms. The second-order valence-electron chi connectivity index (χ2n) is 6.13. The van der Waals surface area contributed by atoms with Gasteiger partial charge in [0.2, 0.25) is 5.91 Å². The maximum atomic E-state index is 11.9. The molecule has 0 saturated carbocycles. The Morgan fingerprint density at radius 3 is 2.04 bits per heavy atom. The molecule has 0 aliphatic rings. The van der Waals surface area contributed by atoms with Crippen LogP contribution in [-0.2, 0) is 9.59 Å². The van der Waals surface area contributed by atoms with E-state index in [9.17, 15) is 9.59 Å². The third-order valence-corrected chi connectivity index (χ3v) is 4.00. The van der Waals surface area contributed by atoms with Crippen LogP contribution in [0.5, 0.6) is 0 Å². The molecule has 0 aliphatic heterocycles. The maximum absolute atomic E-state index is 11.9. The van der Waals surface area contributed by atoms with Crippen LogP contribution < -0.4 is 5.32 Å². The Labute approximate surface area is 152 Å². The average molecular weight is 351 g/mol. The minimum absolute atomic E-state index is 0.0612. The number of likely N-dealkylation sites (N-methyl/N-ethyl adjacent to an activating group) is 1. The number of aliphatic carboxylic acids is 1. The number of hydrogen-bond acceptors (Lipinski definition) is 3. The quantitative estimate of drug-likeness (QED) is 0.654. The lowest BCUT2D eigenvalue weighted by Gasteiger charge is -2.18. The summed E-state index contributed by atoms with van der Waals surface area (Å²) in [6, 6.07) is 6.03. The van der Waals surface area contributed by atoms with E-state index >= 15 is 0 Å². The van der Waals surface area contributed by atoms with E-state index in [1.54, 1.807) is 0 Å². The van der Waals surface area contributed by atoms with E-state index in [0.29, 0.717) is 13.0 Å². The van der Waals surface area contributed by atoms with Crippen molar-refractivity contribution < 1.29 is 14.7 Å². The number of rotatable bonds is 9. The lowest BCUT2D eigenvalue weighted by Crippen LogP contribution is -2.33. The molecule has 25 heavy (non-hydrogen) atoms. The minimum atomic E-state index is -0.682. The molecular formula is C20H34N2O3. The maximum Gasteiger partial charge on any atom is 0.303 e. The number of carbonyl (C=O) groups excluding carboxylic acids is 1. The summed E-state index contributed by atoms with van der Waals surface area (Å²) in [7, 11) is 0. The first kappa shape index (κ1) is 23.1. The Morgan fingerprint density at radius 1 is 1.04 bits per heavy atom. The third kappa shape index (κ3) is 10.6. The van der Waals surface area contributed by atoms with Crippen molar-refractivity contribution in [3.05, 3.63) is 29.3 Å². The molecule has 1 aromatic rings. The first-order valence-electron chi connectivity index (χ1n) is 9.15. The van der Waals surface area contributed by atoms with Gasteiger partial charge in [-0.3, -0.25) is 14.5 Å². The van der Waals surface area contributed by atoms with E-state index in [1.165, 1.54) is 0 Å². The highest BCUT2D eigenvalue weighted by atomic mass is 16.4. The Morgan fingerprint density at radius 2 is 1.60 bits per heavy atom. The number of anilines is 1.